The lowest BCUT2D eigenvalue weighted by Crippen LogP contribution is -2.42. The summed E-state index contributed by atoms with van der Waals surface area (Å²) >= 11 is 0. The van der Waals surface area contributed by atoms with Gasteiger partial charge in [0, 0.05) is 25.4 Å². The third kappa shape index (κ3) is 3.39. The number of hydrogen-bond acceptors (Lipinski definition) is 7. The van der Waals surface area contributed by atoms with Crippen LogP contribution in [0.4, 0.5) is 5.82 Å². The highest BCUT2D eigenvalue weighted by atomic mass is 16.5. The van der Waals surface area contributed by atoms with E-state index in [9.17, 15) is 0 Å². The second-order valence-electron chi connectivity index (χ2n) is 9.06. The normalized spacial score (nSPS) is 18.3. The third-order valence-corrected chi connectivity index (χ3v) is 6.92. The second kappa shape index (κ2) is 7.78. The Hall–Kier alpha value is -3.13. The molecule has 8 nitrogen and oxygen atoms in total. The van der Waals surface area contributed by atoms with Gasteiger partial charge in [-0.1, -0.05) is 0 Å². The highest BCUT2D eigenvalue weighted by molar-refractivity contribution is 5.92. The summed E-state index contributed by atoms with van der Waals surface area (Å²) in [6.07, 6.45) is 9.61. The zero-order valence-corrected chi connectivity index (χ0v) is 18.6. The van der Waals surface area contributed by atoms with Crippen molar-refractivity contribution in [1.82, 2.24) is 24.5 Å². The molecule has 0 unspecified atom stereocenters. The van der Waals surface area contributed by atoms with Crippen LogP contribution in [-0.4, -0.2) is 63.8 Å². The van der Waals surface area contributed by atoms with Crippen LogP contribution < -0.4 is 9.64 Å². The minimum Gasteiger partial charge on any atom is -0.473 e. The number of fused-ring (bicyclic) bond motifs is 2. The Balaban J connectivity index is 1.35. The highest BCUT2D eigenvalue weighted by Gasteiger charge is 2.24. The number of anilines is 1. The predicted octanol–water partition coefficient (Wildman–Crippen LogP) is 4.00. The minimum absolute atomic E-state index is 0.280. The van der Waals surface area contributed by atoms with Crippen LogP contribution in [0.2, 0.25) is 0 Å². The molecule has 0 aromatic carbocycles. The number of likely N-dealkylation sites (tertiary alicyclic amines) is 1. The molecule has 0 N–H and O–H groups in total. The molecule has 6 rings (SSSR count). The van der Waals surface area contributed by atoms with Crippen LogP contribution in [0.3, 0.4) is 0 Å². The summed E-state index contributed by atoms with van der Waals surface area (Å²) in [6.45, 7) is 2.22. The summed E-state index contributed by atoms with van der Waals surface area (Å²) in [7, 11) is 4.33. The van der Waals surface area contributed by atoms with Gasteiger partial charge in [0.15, 0.2) is 11.4 Å². The number of imidazole rings is 1. The van der Waals surface area contributed by atoms with Gasteiger partial charge in [-0.05, 0) is 70.4 Å². The molecule has 5 heterocycles. The summed E-state index contributed by atoms with van der Waals surface area (Å²) < 4.78 is 14.1. The summed E-state index contributed by atoms with van der Waals surface area (Å²) in [4.78, 5) is 13.9. The first kappa shape index (κ1) is 19.5. The number of nitrogens with zero attached hydrogens (tertiary/aromatic N) is 6. The average Bonchev–Trinajstić information content (AvgIpc) is 3.39. The van der Waals surface area contributed by atoms with E-state index in [-0.39, 0.29) is 6.10 Å². The number of pyridine rings is 1. The Bertz CT molecular complexity index is 1250. The molecular weight excluding hydrogens is 404 g/mol. The molecule has 1 aliphatic heterocycles. The van der Waals surface area contributed by atoms with E-state index in [0.29, 0.717) is 11.9 Å². The predicted molar refractivity (Wildman–Crippen MR) is 123 cm³/mol. The van der Waals surface area contributed by atoms with E-state index < -0.39 is 0 Å². The van der Waals surface area contributed by atoms with E-state index in [1.165, 1.54) is 6.42 Å². The van der Waals surface area contributed by atoms with Crippen molar-refractivity contribution in [2.24, 2.45) is 0 Å². The number of rotatable bonds is 5. The average molecular weight is 433 g/mol. The van der Waals surface area contributed by atoms with Crippen LogP contribution >= 0.6 is 0 Å². The third-order valence-electron chi connectivity index (χ3n) is 6.92. The van der Waals surface area contributed by atoms with Gasteiger partial charge in [0.1, 0.15) is 23.2 Å². The largest absolute Gasteiger partial charge is 0.473 e. The standard InChI is InChI=1S/C24H28N6O2/c1-28-12-9-16(10-13-28)29(2)24-18-14-21(32-20(18)8-11-25-24)19-15-26-22-6-7-23(27-30(19)22)31-17-4-3-5-17/h6-8,11,14-17H,3-5,9-10,12-13H2,1-2H3. The van der Waals surface area contributed by atoms with Gasteiger partial charge in [-0.3, -0.25) is 0 Å². The molecule has 1 saturated carbocycles. The maximum atomic E-state index is 6.25. The Morgan fingerprint density at radius 3 is 2.72 bits per heavy atom. The van der Waals surface area contributed by atoms with Gasteiger partial charge in [-0.15, -0.1) is 5.10 Å². The molecule has 1 saturated heterocycles. The van der Waals surface area contributed by atoms with Gasteiger partial charge < -0.3 is 19.0 Å². The fraction of sp³-hybridized carbons (Fsp3) is 0.458. The van der Waals surface area contributed by atoms with Crippen LogP contribution in [0, 0.1) is 0 Å². The monoisotopic (exact) mass is 432 g/mol. The van der Waals surface area contributed by atoms with E-state index >= 15 is 0 Å². The summed E-state index contributed by atoms with van der Waals surface area (Å²) in [5.41, 5.74) is 2.40. The number of aromatic nitrogens is 4. The van der Waals surface area contributed by atoms with Crippen molar-refractivity contribution in [2.75, 3.05) is 32.1 Å². The Labute approximate surface area is 186 Å². The second-order valence-corrected chi connectivity index (χ2v) is 9.06. The van der Waals surface area contributed by atoms with Gasteiger partial charge in [-0.2, -0.15) is 0 Å². The van der Waals surface area contributed by atoms with Crippen molar-refractivity contribution in [2.45, 2.75) is 44.2 Å². The van der Waals surface area contributed by atoms with Crippen LogP contribution in [-0.2, 0) is 0 Å². The van der Waals surface area contributed by atoms with Crippen molar-refractivity contribution < 1.29 is 9.15 Å². The van der Waals surface area contributed by atoms with Gasteiger partial charge >= 0.3 is 0 Å². The van der Waals surface area contributed by atoms with Gasteiger partial charge in [0.05, 0.1) is 11.6 Å². The maximum Gasteiger partial charge on any atom is 0.232 e. The zero-order chi connectivity index (χ0) is 21.7. The first-order valence-electron chi connectivity index (χ1n) is 11.5. The van der Waals surface area contributed by atoms with Crippen molar-refractivity contribution in [3.63, 3.8) is 0 Å². The van der Waals surface area contributed by atoms with Crippen LogP contribution in [0.1, 0.15) is 32.1 Å². The molecule has 2 fully saturated rings. The lowest BCUT2D eigenvalue weighted by molar-refractivity contribution is 0.113. The van der Waals surface area contributed by atoms with Crippen molar-refractivity contribution >= 4 is 22.4 Å². The Morgan fingerprint density at radius 1 is 1.09 bits per heavy atom. The van der Waals surface area contributed by atoms with Gasteiger partial charge in [0.25, 0.3) is 0 Å². The molecule has 32 heavy (non-hydrogen) atoms. The Kier molecular flexibility index (Phi) is 4.75. The van der Waals surface area contributed by atoms with E-state index in [1.807, 2.05) is 24.4 Å². The molecule has 0 spiro atoms. The molecule has 4 aromatic heterocycles. The van der Waals surface area contributed by atoms with Gasteiger partial charge in [-0.25, -0.2) is 14.5 Å². The zero-order valence-electron chi connectivity index (χ0n) is 18.6. The summed E-state index contributed by atoms with van der Waals surface area (Å²) in [5.74, 6) is 2.32. The highest BCUT2D eigenvalue weighted by Crippen LogP contribution is 2.34. The van der Waals surface area contributed by atoms with E-state index in [0.717, 1.165) is 72.7 Å². The van der Waals surface area contributed by atoms with E-state index in [2.05, 4.69) is 40.0 Å². The molecular formula is C24H28N6O2. The van der Waals surface area contributed by atoms with E-state index in [4.69, 9.17) is 14.1 Å². The lowest BCUT2D eigenvalue weighted by Gasteiger charge is -2.35. The lowest BCUT2D eigenvalue weighted by atomic mass is 9.96. The first-order chi connectivity index (χ1) is 15.7. The molecule has 2 aliphatic rings. The fourth-order valence-corrected chi connectivity index (χ4v) is 4.66. The van der Waals surface area contributed by atoms with Crippen LogP contribution in [0.15, 0.2) is 41.1 Å². The molecule has 8 heteroatoms. The number of hydrogen-bond donors (Lipinski definition) is 0. The number of ether oxygens (including phenoxy) is 1. The molecule has 0 amide bonds. The molecule has 0 atom stereocenters. The van der Waals surface area contributed by atoms with Gasteiger partial charge in [0.2, 0.25) is 5.88 Å². The summed E-state index contributed by atoms with van der Waals surface area (Å²) in [5, 5.41) is 5.70. The number of piperidine rings is 1. The number of furan rings is 1. The van der Waals surface area contributed by atoms with Crippen LogP contribution in [0.25, 0.3) is 28.1 Å². The van der Waals surface area contributed by atoms with Crippen molar-refractivity contribution in [3.8, 4) is 17.3 Å². The topological polar surface area (TPSA) is 71.9 Å². The SMILES string of the molecule is CN1CCC(N(C)c2nccc3oc(-c4cnc5ccc(OC6CCC6)nn45)cc23)CC1. The van der Waals surface area contributed by atoms with Crippen molar-refractivity contribution in [1.29, 1.82) is 0 Å². The van der Waals surface area contributed by atoms with Crippen LogP contribution in [0.5, 0.6) is 5.88 Å². The molecule has 0 bridgehead atoms. The quantitative estimate of drug-likeness (QED) is 0.472. The summed E-state index contributed by atoms with van der Waals surface area (Å²) in [6, 6.07) is 8.29. The molecule has 4 aromatic rings. The smallest absolute Gasteiger partial charge is 0.232 e. The minimum atomic E-state index is 0.280. The molecule has 166 valence electrons. The van der Waals surface area contributed by atoms with Crippen molar-refractivity contribution in [3.05, 3.63) is 36.7 Å². The van der Waals surface area contributed by atoms with E-state index in [1.54, 1.807) is 10.7 Å². The molecule has 0 radical (unpaired) electrons. The Morgan fingerprint density at radius 2 is 1.94 bits per heavy atom. The first-order valence-corrected chi connectivity index (χ1v) is 11.5. The molecule has 1 aliphatic carbocycles. The maximum absolute atomic E-state index is 6.25. The fourth-order valence-electron chi connectivity index (χ4n) is 4.66.